The van der Waals surface area contributed by atoms with Crippen molar-refractivity contribution in [2.24, 2.45) is 0 Å². The molecule has 0 N–H and O–H groups in total. The number of rotatable bonds is 4. The van der Waals surface area contributed by atoms with Crippen LogP contribution in [0.25, 0.3) is 10.8 Å². The van der Waals surface area contributed by atoms with E-state index in [1.165, 1.54) is 11.8 Å². The summed E-state index contributed by atoms with van der Waals surface area (Å²) in [5, 5.41) is 18.4. The summed E-state index contributed by atoms with van der Waals surface area (Å²) in [6.45, 7) is 5.74. The van der Waals surface area contributed by atoms with Crippen LogP contribution in [0.15, 0.2) is 25.5 Å². The van der Waals surface area contributed by atoms with Crippen LogP contribution in [0.4, 0.5) is 0 Å². The maximum Gasteiger partial charge on any atom is 0.277 e. The van der Waals surface area contributed by atoms with Crippen molar-refractivity contribution in [3.63, 3.8) is 0 Å². The second-order valence-corrected chi connectivity index (χ2v) is 6.43. The zero-order valence-corrected chi connectivity index (χ0v) is 12.8. The third kappa shape index (κ3) is 2.61. The Kier molecular flexibility index (Phi) is 3.58. The molecule has 1 unspecified atom stereocenters. The molecule has 8 heteroatoms. The number of thioether (sulfide) groups is 1. The summed E-state index contributed by atoms with van der Waals surface area (Å²) in [5.74, 6) is 1.65. The smallest absolute Gasteiger partial charge is 0.277 e. The molecular formula is C12H12N4O2S2. The van der Waals surface area contributed by atoms with Crippen molar-refractivity contribution in [1.82, 2.24) is 20.4 Å². The molecule has 6 nitrogen and oxygen atoms in total. The largest absolute Gasteiger partial charge is 0.424 e. The van der Waals surface area contributed by atoms with Gasteiger partial charge in [-0.05, 0) is 30.9 Å². The highest BCUT2D eigenvalue weighted by molar-refractivity contribution is 7.99. The molecule has 0 saturated carbocycles. The van der Waals surface area contributed by atoms with Crippen LogP contribution in [-0.2, 0) is 0 Å². The SMILES string of the molecule is Cc1nnc(C(C)Sc2nnc(-c3sccc3C)o2)o1. The van der Waals surface area contributed by atoms with Crippen LogP contribution in [0.5, 0.6) is 0 Å². The van der Waals surface area contributed by atoms with Gasteiger partial charge in [-0.3, -0.25) is 0 Å². The number of aryl methyl sites for hydroxylation is 2. The van der Waals surface area contributed by atoms with Gasteiger partial charge in [0.2, 0.25) is 11.8 Å². The van der Waals surface area contributed by atoms with E-state index in [9.17, 15) is 0 Å². The summed E-state index contributed by atoms with van der Waals surface area (Å²) in [4.78, 5) is 1.01. The van der Waals surface area contributed by atoms with Crippen LogP contribution in [0.1, 0.15) is 29.5 Å². The molecule has 0 fully saturated rings. The van der Waals surface area contributed by atoms with Crippen molar-refractivity contribution in [3.8, 4) is 10.8 Å². The van der Waals surface area contributed by atoms with E-state index >= 15 is 0 Å². The van der Waals surface area contributed by atoms with Crippen LogP contribution in [0, 0.1) is 13.8 Å². The Hall–Kier alpha value is -1.67. The molecule has 0 radical (unpaired) electrons. The highest BCUT2D eigenvalue weighted by Gasteiger charge is 2.19. The molecule has 3 heterocycles. The van der Waals surface area contributed by atoms with Gasteiger partial charge in [0.25, 0.3) is 11.1 Å². The summed E-state index contributed by atoms with van der Waals surface area (Å²) in [6, 6.07) is 2.03. The molecular weight excluding hydrogens is 296 g/mol. The molecule has 104 valence electrons. The van der Waals surface area contributed by atoms with Crippen molar-refractivity contribution in [2.75, 3.05) is 0 Å². The van der Waals surface area contributed by atoms with Gasteiger partial charge in [0, 0.05) is 6.92 Å². The zero-order valence-electron chi connectivity index (χ0n) is 11.2. The first kappa shape index (κ1) is 13.3. The molecule has 0 aliphatic carbocycles. The lowest BCUT2D eigenvalue weighted by molar-refractivity contribution is 0.455. The lowest BCUT2D eigenvalue weighted by atomic mass is 10.3. The second kappa shape index (κ2) is 5.37. The average molecular weight is 308 g/mol. The van der Waals surface area contributed by atoms with E-state index in [1.54, 1.807) is 18.3 Å². The first-order chi connectivity index (χ1) is 9.63. The fourth-order valence-corrected chi connectivity index (χ4v) is 3.18. The molecule has 0 bridgehead atoms. The number of hydrogen-bond acceptors (Lipinski definition) is 8. The van der Waals surface area contributed by atoms with E-state index in [1.807, 2.05) is 25.3 Å². The Labute approximate surface area is 123 Å². The summed E-state index contributed by atoms with van der Waals surface area (Å²) in [5.41, 5.74) is 1.13. The van der Waals surface area contributed by atoms with Gasteiger partial charge in [-0.25, -0.2) is 0 Å². The second-order valence-electron chi connectivity index (χ2n) is 4.23. The fraction of sp³-hybridized carbons (Fsp3) is 0.333. The van der Waals surface area contributed by atoms with Gasteiger partial charge in [0.15, 0.2) is 0 Å². The van der Waals surface area contributed by atoms with E-state index in [0.717, 1.165) is 10.4 Å². The molecule has 0 amide bonds. The van der Waals surface area contributed by atoms with Crippen LogP contribution in [-0.4, -0.2) is 20.4 Å². The highest BCUT2D eigenvalue weighted by atomic mass is 32.2. The van der Waals surface area contributed by atoms with Gasteiger partial charge in [0.05, 0.1) is 10.1 Å². The van der Waals surface area contributed by atoms with Gasteiger partial charge in [-0.2, -0.15) is 0 Å². The molecule has 0 saturated heterocycles. The molecule has 3 aromatic heterocycles. The van der Waals surface area contributed by atoms with Gasteiger partial charge < -0.3 is 8.83 Å². The van der Waals surface area contributed by atoms with Gasteiger partial charge >= 0.3 is 0 Å². The van der Waals surface area contributed by atoms with Crippen LogP contribution < -0.4 is 0 Å². The number of nitrogens with zero attached hydrogens (tertiary/aromatic N) is 4. The molecule has 3 aromatic rings. The van der Waals surface area contributed by atoms with Crippen LogP contribution >= 0.6 is 23.1 Å². The topological polar surface area (TPSA) is 77.8 Å². The lowest BCUT2D eigenvalue weighted by Gasteiger charge is -2.01. The van der Waals surface area contributed by atoms with Crippen molar-refractivity contribution in [2.45, 2.75) is 31.2 Å². The minimum absolute atomic E-state index is 0.0334. The third-order valence-electron chi connectivity index (χ3n) is 2.63. The quantitative estimate of drug-likeness (QED) is 0.681. The Morgan fingerprint density at radius 1 is 1.15 bits per heavy atom. The summed E-state index contributed by atoms with van der Waals surface area (Å²) in [7, 11) is 0. The standard InChI is InChI=1S/C12H12N4O2S2/c1-6-4-5-19-9(6)11-15-16-12(18-11)20-7(2)10-14-13-8(3)17-10/h4-5,7H,1-3H3. The predicted octanol–water partition coefficient (Wildman–Crippen LogP) is 3.65. The maximum absolute atomic E-state index is 5.67. The Morgan fingerprint density at radius 2 is 2.00 bits per heavy atom. The molecule has 0 aliphatic heterocycles. The molecule has 0 aromatic carbocycles. The first-order valence-corrected chi connectivity index (χ1v) is 7.74. The van der Waals surface area contributed by atoms with Gasteiger partial charge in [-0.15, -0.1) is 31.7 Å². The number of thiophene rings is 1. The maximum atomic E-state index is 5.67. The Balaban J connectivity index is 1.76. The van der Waals surface area contributed by atoms with Gasteiger partial charge in [-0.1, -0.05) is 11.8 Å². The minimum Gasteiger partial charge on any atom is -0.424 e. The van der Waals surface area contributed by atoms with E-state index in [-0.39, 0.29) is 5.25 Å². The van der Waals surface area contributed by atoms with E-state index in [0.29, 0.717) is 22.9 Å². The van der Waals surface area contributed by atoms with Crippen molar-refractivity contribution in [3.05, 3.63) is 28.8 Å². The zero-order chi connectivity index (χ0) is 14.1. The van der Waals surface area contributed by atoms with Crippen LogP contribution in [0.3, 0.4) is 0 Å². The number of hydrogen-bond donors (Lipinski definition) is 0. The lowest BCUT2D eigenvalue weighted by Crippen LogP contribution is -1.88. The average Bonchev–Trinajstić information content (AvgIpc) is 3.10. The van der Waals surface area contributed by atoms with Crippen molar-refractivity contribution in [1.29, 1.82) is 0 Å². The fourth-order valence-electron chi connectivity index (χ4n) is 1.62. The molecule has 0 aliphatic rings. The van der Waals surface area contributed by atoms with Crippen molar-refractivity contribution >= 4 is 23.1 Å². The monoisotopic (exact) mass is 308 g/mol. The third-order valence-corrected chi connectivity index (χ3v) is 4.56. The normalized spacial score (nSPS) is 12.8. The summed E-state index contributed by atoms with van der Waals surface area (Å²) >= 11 is 2.99. The summed E-state index contributed by atoms with van der Waals surface area (Å²) < 4.78 is 11.1. The Morgan fingerprint density at radius 3 is 2.65 bits per heavy atom. The van der Waals surface area contributed by atoms with E-state index < -0.39 is 0 Å². The minimum atomic E-state index is -0.0334. The van der Waals surface area contributed by atoms with Crippen molar-refractivity contribution < 1.29 is 8.83 Å². The first-order valence-electron chi connectivity index (χ1n) is 5.98. The summed E-state index contributed by atoms with van der Waals surface area (Å²) in [6.07, 6.45) is 0. The van der Waals surface area contributed by atoms with E-state index in [2.05, 4.69) is 20.4 Å². The van der Waals surface area contributed by atoms with Gasteiger partial charge in [0.1, 0.15) is 0 Å². The highest BCUT2D eigenvalue weighted by Crippen LogP contribution is 2.35. The molecule has 20 heavy (non-hydrogen) atoms. The molecule has 3 rings (SSSR count). The van der Waals surface area contributed by atoms with Crippen LogP contribution in [0.2, 0.25) is 0 Å². The van der Waals surface area contributed by atoms with E-state index in [4.69, 9.17) is 8.83 Å². The predicted molar refractivity (Wildman–Crippen MR) is 75.7 cm³/mol. The molecule has 0 spiro atoms. The number of aromatic nitrogens is 4. The molecule has 1 atom stereocenters. The Bertz CT molecular complexity index is 718.